The molecule has 22 heavy (non-hydrogen) atoms. The molecule has 1 aliphatic carbocycles. The first kappa shape index (κ1) is 15.1. The molecule has 1 saturated carbocycles. The van der Waals surface area contributed by atoms with E-state index in [4.69, 9.17) is 14.3 Å². The van der Waals surface area contributed by atoms with E-state index in [0.29, 0.717) is 30.6 Å². The zero-order valence-corrected chi connectivity index (χ0v) is 12.9. The third kappa shape index (κ3) is 3.33. The highest BCUT2D eigenvalue weighted by Gasteiger charge is 2.21. The Balaban J connectivity index is 1.66. The fourth-order valence-corrected chi connectivity index (χ4v) is 3.19. The van der Waals surface area contributed by atoms with Gasteiger partial charge in [0.15, 0.2) is 0 Å². The fraction of sp³-hybridized carbons (Fsp3) is 0.500. The van der Waals surface area contributed by atoms with Crippen molar-refractivity contribution in [1.82, 2.24) is 0 Å². The number of benzene rings is 1. The van der Waals surface area contributed by atoms with E-state index >= 15 is 0 Å². The molecule has 2 aromatic rings. The summed E-state index contributed by atoms with van der Waals surface area (Å²) in [6, 6.07) is 7.16. The van der Waals surface area contributed by atoms with Crippen LogP contribution in [0.2, 0.25) is 0 Å². The summed E-state index contributed by atoms with van der Waals surface area (Å²) in [4.78, 5) is 11.5. The summed E-state index contributed by atoms with van der Waals surface area (Å²) >= 11 is 0. The Morgan fingerprint density at radius 2 is 1.91 bits per heavy atom. The Kier molecular flexibility index (Phi) is 4.48. The van der Waals surface area contributed by atoms with Gasteiger partial charge in [-0.15, -0.1) is 0 Å². The molecule has 0 bridgehead atoms. The quantitative estimate of drug-likeness (QED) is 0.881. The van der Waals surface area contributed by atoms with E-state index in [9.17, 15) is 4.79 Å². The molecule has 1 N–H and O–H groups in total. The van der Waals surface area contributed by atoms with Crippen molar-refractivity contribution in [3.8, 4) is 5.75 Å². The van der Waals surface area contributed by atoms with E-state index in [0.717, 1.165) is 42.4 Å². The van der Waals surface area contributed by atoms with Crippen LogP contribution in [0.5, 0.6) is 5.75 Å². The van der Waals surface area contributed by atoms with Crippen molar-refractivity contribution in [3.63, 3.8) is 0 Å². The van der Waals surface area contributed by atoms with Gasteiger partial charge in [-0.25, -0.2) is 4.79 Å². The van der Waals surface area contributed by atoms with E-state index < -0.39 is 0 Å². The molecule has 0 aliphatic heterocycles. The lowest BCUT2D eigenvalue weighted by atomic mass is 9.83. The first-order valence-corrected chi connectivity index (χ1v) is 7.94. The van der Waals surface area contributed by atoms with E-state index in [2.05, 4.69) is 0 Å². The Bertz CT molecular complexity index is 696. The number of hydrogen-bond acceptors (Lipinski definition) is 4. The molecule has 1 heterocycles. The predicted molar refractivity (Wildman–Crippen MR) is 85.2 cm³/mol. The standard InChI is InChI=1S/C18H22O4/c1-12-8-18(20)22-17-9-15(6-7-16(12)17)21-11-14-4-2-13(10-19)3-5-14/h6-9,13-14,19H,2-5,10-11H2,1H3/t13-,14-. The smallest absolute Gasteiger partial charge is 0.336 e. The highest BCUT2D eigenvalue weighted by molar-refractivity contribution is 5.81. The minimum atomic E-state index is -0.329. The molecular weight excluding hydrogens is 280 g/mol. The van der Waals surface area contributed by atoms with Crippen molar-refractivity contribution in [2.24, 2.45) is 11.8 Å². The zero-order chi connectivity index (χ0) is 15.5. The molecule has 0 amide bonds. The van der Waals surface area contributed by atoms with Crippen LogP contribution in [0, 0.1) is 18.8 Å². The third-order valence-corrected chi connectivity index (χ3v) is 4.63. The third-order valence-electron chi connectivity index (χ3n) is 4.63. The number of hydrogen-bond donors (Lipinski definition) is 1. The normalized spacial score (nSPS) is 21.9. The topological polar surface area (TPSA) is 59.7 Å². The molecule has 0 atom stereocenters. The van der Waals surface area contributed by atoms with Gasteiger partial charge >= 0.3 is 5.63 Å². The fourth-order valence-electron chi connectivity index (χ4n) is 3.19. The maximum Gasteiger partial charge on any atom is 0.336 e. The number of aliphatic hydroxyl groups excluding tert-OH is 1. The first-order valence-electron chi connectivity index (χ1n) is 7.94. The molecule has 118 valence electrons. The van der Waals surface area contributed by atoms with Gasteiger partial charge in [-0.1, -0.05) is 0 Å². The van der Waals surface area contributed by atoms with Crippen LogP contribution in [0.1, 0.15) is 31.2 Å². The van der Waals surface area contributed by atoms with Crippen LogP contribution in [-0.2, 0) is 0 Å². The van der Waals surface area contributed by atoms with Crippen molar-refractivity contribution in [2.45, 2.75) is 32.6 Å². The van der Waals surface area contributed by atoms with Gasteiger partial charge in [-0.2, -0.15) is 0 Å². The van der Waals surface area contributed by atoms with Gasteiger partial charge in [0.25, 0.3) is 0 Å². The SMILES string of the molecule is Cc1cc(=O)oc2cc(OC[C@H]3CC[C@H](CO)CC3)ccc12. The summed E-state index contributed by atoms with van der Waals surface area (Å²) in [7, 11) is 0. The number of aryl methyl sites for hydroxylation is 1. The second-order valence-electron chi connectivity index (χ2n) is 6.29. The van der Waals surface area contributed by atoms with Gasteiger partial charge in [0.05, 0.1) is 6.61 Å². The maximum absolute atomic E-state index is 11.5. The Hall–Kier alpha value is -1.81. The molecule has 1 aliphatic rings. The monoisotopic (exact) mass is 302 g/mol. The first-order chi connectivity index (χ1) is 10.7. The van der Waals surface area contributed by atoms with Crippen molar-refractivity contribution >= 4 is 11.0 Å². The van der Waals surface area contributed by atoms with Crippen LogP contribution < -0.4 is 10.4 Å². The highest BCUT2D eigenvalue weighted by atomic mass is 16.5. The average Bonchev–Trinajstić information content (AvgIpc) is 2.53. The van der Waals surface area contributed by atoms with Crippen LogP contribution in [0.3, 0.4) is 0 Å². The second kappa shape index (κ2) is 6.53. The highest BCUT2D eigenvalue weighted by Crippen LogP contribution is 2.29. The molecule has 1 aromatic heterocycles. The van der Waals surface area contributed by atoms with Gasteiger partial charge in [-0.05, 0) is 62.1 Å². The summed E-state index contributed by atoms with van der Waals surface area (Å²) in [6.45, 7) is 2.88. The lowest BCUT2D eigenvalue weighted by Gasteiger charge is -2.27. The second-order valence-corrected chi connectivity index (χ2v) is 6.29. The molecular formula is C18H22O4. The molecule has 1 aromatic carbocycles. The number of rotatable bonds is 4. The molecule has 4 heteroatoms. The van der Waals surface area contributed by atoms with Gasteiger partial charge in [0.1, 0.15) is 11.3 Å². The average molecular weight is 302 g/mol. The van der Waals surface area contributed by atoms with Crippen molar-refractivity contribution < 1.29 is 14.3 Å². The van der Waals surface area contributed by atoms with Crippen LogP contribution in [0.25, 0.3) is 11.0 Å². The lowest BCUT2D eigenvalue weighted by Crippen LogP contribution is -2.21. The summed E-state index contributed by atoms with van der Waals surface area (Å²) in [5, 5.41) is 10.1. The number of aliphatic hydroxyl groups is 1. The number of fused-ring (bicyclic) bond motifs is 1. The maximum atomic E-state index is 11.5. The van der Waals surface area contributed by atoms with Crippen molar-refractivity contribution in [1.29, 1.82) is 0 Å². The summed E-state index contributed by atoms with van der Waals surface area (Å²) in [5.41, 5.74) is 1.16. The lowest BCUT2D eigenvalue weighted by molar-refractivity contribution is 0.139. The molecule has 1 fully saturated rings. The van der Waals surface area contributed by atoms with Crippen LogP contribution in [0.4, 0.5) is 0 Å². The van der Waals surface area contributed by atoms with E-state index in [1.807, 2.05) is 19.1 Å². The Morgan fingerprint density at radius 3 is 2.64 bits per heavy atom. The molecule has 0 radical (unpaired) electrons. The van der Waals surface area contributed by atoms with Crippen LogP contribution in [0.15, 0.2) is 33.5 Å². The van der Waals surface area contributed by atoms with Gasteiger partial charge in [0, 0.05) is 24.1 Å². The Labute approximate surface area is 129 Å². The Morgan fingerprint density at radius 1 is 1.18 bits per heavy atom. The minimum Gasteiger partial charge on any atom is -0.493 e. The minimum absolute atomic E-state index is 0.302. The van der Waals surface area contributed by atoms with Crippen molar-refractivity contribution in [3.05, 3.63) is 40.2 Å². The van der Waals surface area contributed by atoms with Crippen LogP contribution in [-0.4, -0.2) is 18.3 Å². The van der Waals surface area contributed by atoms with Gasteiger partial charge in [0.2, 0.25) is 0 Å². The zero-order valence-electron chi connectivity index (χ0n) is 12.9. The summed E-state index contributed by atoms with van der Waals surface area (Å²) in [6.07, 6.45) is 4.37. The van der Waals surface area contributed by atoms with Crippen LogP contribution >= 0.6 is 0 Å². The predicted octanol–water partition coefficient (Wildman–Crippen LogP) is 3.28. The van der Waals surface area contributed by atoms with E-state index in [-0.39, 0.29) is 5.63 Å². The van der Waals surface area contributed by atoms with Gasteiger partial charge < -0.3 is 14.3 Å². The summed E-state index contributed by atoms with van der Waals surface area (Å²) < 4.78 is 11.1. The number of ether oxygens (including phenoxy) is 1. The van der Waals surface area contributed by atoms with Crippen molar-refractivity contribution in [2.75, 3.05) is 13.2 Å². The summed E-state index contributed by atoms with van der Waals surface area (Å²) in [5.74, 6) is 1.75. The largest absolute Gasteiger partial charge is 0.493 e. The van der Waals surface area contributed by atoms with E-state index in [1.54, 1.807) is 6.07 Å². The van der Waals surface area contributed by atoms with E-state index in [1.165, 1.54) is 6.07 Å². The molecule has 0 unspecified atom stereocenters. The molecule has 3 rings (SSSR count). The molecule has 0 spiro atoms. The van der Waals surface area contributed by atoms with Gasteiger partial charge in [-0.3, -0.25) is 0 Å². The molecule has 4 nitrogen and oxygen atoms in total. The molecule has 0 saturated heterocycles.